The molecule has 1 saturated heterocycles. The monoisotopic (exact) mass is 378 g/mol. The summed E-state index contributed by atoms with van der Waals surface area (Å²) in [5, 5.41) is 4.17. The van der Waals surface area contributed by atoms with E-state index in [4.69, 9.17) is 4.74 Å². The number of benzene rings is 2. The highest BCUT2D eigenvalue weighted by molar-refractivity contribution is 6.31. The predicted octanol–water partition coefficient (Wildman–Crippen LogP) is 3.64. The second-order valence-electron chi connectivity index (χ2n) is 7.19. The molecule has 0 bridgehead atoms. The number of rotatable bonds is 3. The number of carbonyl (C=O) groups excluding carboxylic acids is 3. The molecule has 28 heavy (non-hydrogen) atoms. The van der Waals surface area contributed by atoms with Crippen LogP contribution in [0.2, 0.25) is 0 Å². The maximum absolute atomic E-state index is 13.1. The lowest BCUT2D eigenvalue weighted by molar-refractivity contribution is -0.132. The van der Waals surface area contributed by atoms with Gasteiger partial charge in [0, 0.05) is 11.6 Å². The fourth-order valence-corrected chi connectivity index (χ4v) is 4.09. The average Bonchev–Trinajstić information content (AvgIpc) is 2.71. The van der Waals surface area contributed by atoms with E-state index in [1.807, 2.05) is 36.4 Å². The van der Waals surface area contributed by atoms with Gasteiger partial charge in [0.2, 0.25) is 0 Å². The predicted molar refractivity (Wildman–Crippen MR) is 106 cm³/mol. The summed E-state index contributed by atoms with van der Waals surface area (Å²) < 4.78 is 5.46. The van der Waals surface area contributed by atoms with E-state index in [9.17, 15) is 14.4 Å². The van der Waals surface area contributed by atoms with Crippen LogP contribution in [0.15, 0.2) is 42.0 Å². The Labute approximate surface area is 163 Å². The van der Waals surface area contributed by atoms with E-state index in [2.05, 4.69) is 5.32 Å². The molecule has 1 N–H and O–H groups in total. The van der Waals surface area contributed by atoms with Gasteiger partial charge in [-0.05, 0) is 35.8 Å². The second kappa shape index (κ2) is 7.46. The van der Waals surface area contributed by atoms with Gasteiger partial charge < -0.3 is 4.74 Å². The number of imide groups is 2. The summed E-state index contributed by atoms with van der Waals surface area (Å²) >= 11 is 0. The first kappa shape index (κ1) is 18.2. The molecule has 4 rings (SSSR count). The van der Waals surface area contributed by atoms with Crippen LogP contribution >= 0.6 is 0 Å². The first-order valence-corrected chi connectivity index (χ1v) is 9.56. The molecule has 2 aliphatic rings. The van der Waals surface area contributed by atoms with E-state index in [0.29, 0.717) is 11.3 Å². The molecule has 0 atom stereocenters. The summed E-state index contributed by atoms with van der Waals surface area (Å²) in [5.41, 5.74) is 0.608. The number of nitrogens with zero attached hydrogens (tertiary/aromatic N) is 1. The standard InChI is InChI=1S/C22H22N2O4/c1-28-19-12-11-14-7-5-6-10-16(14)17(19)13-18-20(25)23-22(27)24(21(18)26)15-8-3-2-4-9-15/h5-7,10-13,15H,2-4,8-9H2,1H3,(H,23,25,27). The van der Waals surface area contributed by atoms with Gasteiger partial charge in [0.05, 0.1) is 7.11 Å². The zero-order valence-electron chi connectivity index (χ0n) is 15.7. The SMILES string of the molecule is COc1ccc2ccccc2c1C=C1C(=O)NC(=O)N(C2CCCCC2)C1=O. The molecule has 2 fully saturated rings. The Hall–Kier alpha value is -3.15. The molecule has 1 heterocycles. The third-order valence-electron chi connectivity index (χ3n) is 5.51. The Bertz CT molecular complexity index is 989. The number of urea groups is 1. The Morgan fingerprint density at radius 2 is 1.79 bits per heavy atom. The van der Waals surface area contributed by atoms with Crippen LogP contribution in [0.4, 0.5) is 4.79 Å². The Morgan fingerprint density at radius 1 is 1.04 bits per heavy atom. The van der Waals surface area contributed by atoms with Gasteiger partial charge in [-0.15, -0.1) is 0 Å². The lowest BCUT2D eigenvalue weighted by atomic mass is 9.93. The molecule has 6 heteroatoms. The summed E-state index contributed by atoms with van der Waals surface area (Å²) in [6, 6.07) is 10.6. The largest absolute Gasteiger partial charge is 0.496 e. The molecule has 1 aliphatic carbocycles. The second-order valence-corrected chi connectivity index (χ2v) is 7.19. The number of amides is 4. The van der Waals surface area contributed by atoms with Gasteiger partial charge in [0.25, 0.3) is 11.8 Å². The van der Waals surface area contributed by atoms with Crippen molar-refractivity contribution in [3.05, 3.63) is 47.5 Å². The topological polar surface area (TPSA) is 75.7 Å². The van der Waals surface area contributed by atoms with Crippen molar-refractivity contribution in [3.8, 4) is 5.75 Å². The molecule has 0 unspecified atom stereocenters. The number of fused-ring (bicyclic) bond motifs is 1. The van der Waals surface area contributed by atoms with E-state index in [-0.39, 0.29) is 11.6 Å². The average molecular weight is 378 g/mol. The molecule has 144 valence electrons. The van der Waals surface area contributed by atoms with Crippen LogP contribution in [-0.4, -0.2) is 35.9 Å². The Morgan fingerprint density at radius 3 is 2.54 bits per heavy atom. The maximum Gasteiger partial charge on any atom is 0.331 e. The van der Waals surface area contributed by atoms with Crippen molar-refractivity contribution in [2.75, 3.05) is 7.11 Å². The van der Waals surface area contributed by atoms with Gasteiger partial charge in [-0.2, -0.15) is 0 Å². The molecule has 6 nitrogen and oxygen atoms in total. The minimum atomic E-state index is -0.669. The Balaban J connectivity index is 1.80. The van der Waals surface area contributed by atoms with E-state index >= 15 is 0 Å². The first-order valence-electron chi connectivity index (χ1n) is 9.56. The minimum absolute atomic E-state index is 0.0418. The van der Waals surface area contributed by atoms with Crippen LogP contribution < -0.4 is 10.1 Å². The third kappa shape index (κ3) is 3.15. The van der Waals surface area contributed by atoms with Crippen molar-refractivity contribution in [3.63, 3.8) is 0 Å². The number of methoxy groups -OCH3 is 1. The van der Waals surface area contributed by atoms with Gasteiger partial charge in [0.1, 0.15) is 11.3 Å². The Kier molecular flexibility index (Phi) is 4.86. The fraction of sp³-hybridized carbons (Fsp3) is 0.318. The van der Waals surface area contributed by atoms with Crippen LogP contribution in [0.25, 0.3) is 16.8 Å². The van der Waals surface area contributed by atoms with Crippen molar-refractivity contribution in [1.29, 1.82) is 0 Å². The maximum atomic E-state index is 13.1. The number of hydrogen-bond donors (Lipinski definition) is 1. The molecule has 2 aromatic carbocycles. The number of nitrogens with one attached hydrogen (secondary N) is 1. The number of hydrogen-bond acceptors (Lipinski definition) is 4. The third-order valence-corrected chi connectivity index (χ3v) is 5.51. The first-order chi connectivity index (χ1) is 13.6. The van der Waals surface area contributed by atoms with Crippen LogP contribution in [0, 0.1) is 0 Å². The minimum Gasteiger partial charge on any atom is -0.496 e. The number of carbonyl (C=O) groups is 3. The summed E-state index contributed by atoms with van der Waals surface area (Å²) in [5.74, 6) is -0.638. The van der Waals surface area contributed by atoms with Crippen LogP contribution in [0.1, 0.15) is 37.7 Å². The lowest BCUT2D eigenvalue weighted by Crippen LogP contribution is -2.58. The molecule has 4 amide bonds. The highest BCUT2D eigenvalue weighted by Crippen LogP contribution is 2.32. The van der Waals surface area contributed by atoms with E-state index in [1.165, 1.54) is 4.90 Å². The summed E-state index contributed by atoms with van der Waals surface area (Å²) in [7, 11) is 1.55. The zero-order chi connectivity index (χ0) is 19.7. The molecular formula is C22H22N2O4. The highest BCUT2D eigenvalue weighted by Gasteiger charge is 2.40. The lowest BCUT2D eigenvalue weighted by Gasteiger charge is -2.35. The van der Waals surface area contributed by atoms with E-state index < -0.39 is 17.8 Å². The molecule has 2 aromatic rings. The molecule has 0 spiro atoms. The summed E-state index contributed by atoms with van der Waals surface area (Å²) in [6.07, 6.45) is 6.16. The zero-order valence-corrected chi connectivity index (χ0v) is 15.7. The van der Waals surface area contributed by atoms with Gasteiger partial charge in [-0.3, -0.25) is 19.8 Å². The van der Waals surface area contributed by atoms with E-state index in [1.54, 1.807) is 13.2 Å². The van der Waals surface area contributed by atoms with Crippen molar-refractivity contribution >= 4 is 34.7 Å². The number of barbiturate groups is 1. The van der Waals surface area contributed by atoms with Gasteiger partial charge >= 0.3 is 6.03 Å². The highest BCUT2D eigenvalue weighted by atomic mass is 16.5. The van der Waals surface area contributed by atoms with Gasteiger partial charge in [-0.25, -0.2) is 4.79 Å². The van der Waals surface area contributed by atoms with Gasteiger partial charge in [0.15, 0.2) is 0 Å². The summed E-state index contributed by atoms with van der Waals surface area (Å²) in [6.45, 7) is 0. The number of ether oxygens (including phenoxy) is 1. The normalized spacial score (nSPS) is 20.0. The van der Waals surface area contributed by atoms with Crippen molar-refractivity contribution in [1.82, 2.24) is 10.2 Å². The molecule has 0 aromatic heterocycles. The van der Waals surface area contributed by atoms with Crippen LogP contribution in [0.5, 0.6) is 5.75 Å². The van der Waals surface area contributed by atoms with Crippen LogP contribution in [-0.2, 0) is 9.59 Å². The smallest absolute Gasteiger partial charge is 0.331 e. The van der Waals surface area contributed by atoms with Gasteiger partial charge in [-0.1, -0.05) is 49.6 Å². The summed E-state index contributed by atoms with van der Waals surface area (Å²) in [4.78, 5) is 39.2. The van der Waals surface area contributed by atoms with Crippen LogP contribution in [0.3, 0.4) is 0 Å². The quantitative estimate of drug-likeness (QED) is 0.653. The van der Waals surface area contributed by atoms with Crippen molar-refractivity contribution in [2.45, 2.75) is 38.1 Å². The van der Waals surface area contributed by atoms with Crippen molar-refractivity contribution < 1.29 is 19.1 Å². The molecular weight excluding hydrogens is 356 g/mol. The van der Waals surface area contributed by atoms with E-state index in [0.717, 1.165) is 42.9 Å². The molecule has 1 aliphatic heterocycles. The fourth-order valence-electron chi connectivity index (χ4n) is 4.09. The van der Waals surface area contributed by atoms with Crippen molar-refractivity contribution in [2.24, 2.45) is 0 Å². The molecule has 0 radical (unpaired) electrons. The molecule has 1 saturated carbocycles.